The van der Waals surface area contributed by atoms with Crippen molar-refractivity contribution in [2.45, 2.75) is 81.4 Å². The van der Waals surface area contributed by atoms with E-state index in [1.807, 2.05) is 30.3 Å². The highest BCUT2D eigenvalue weighted by atomic mass is 32.2. The van der Waals surface area contributed by atoms with Gasteiger partial charge in [0.2, 0.25) is 11.1 Å². The number of nitrogens with one attached hydrogen (secondary N) is 1. The molecule has 1 heterocycles. The number of hydrogen-bond acceptors (Lipinski definition) is 4. The van der Waals surface area contributed by atoms with Gasteiger partial charge in [0.05, 0.1) is 5.75 Å². The van der Waals surface area contributed by atoms with Crippen molar-refractivity contribution in [3.05, 3.63) is 30.3 Å². The molecule has 2 aliphatic carbocycles. The highest BCUT2D eigenvalue weighted by molar-refractivity contribution is 7.99. The molecule has 0 radical (unpaired) electrons. The maximum absolute atomic E-state index is 13.2. The molecule has 150 valence electrons. The van der Waals surface area contributed by atoms with Gasteiger partial charge in [-0.1, -0.05) is 80.6 Å². The summed E-state index contributed by atoms with van der Waals surface area (Å²) in [6.45, 7) is 0. The van der Waals surface area contributed by atoms with Crippen LogP contribution in [0.5, 0.6) is 0 Å². The van der Waals surface area contributed by atoms with Crippen LogP contribution in [-0.4, -0.2) is 43.8 Å². The van der Waals surface area contributed by atoms with Gasteiger partial charge in [-0.15, -0.1) is 5.10 Å². The van der Waals surface area contributed by atoms with E-state index in [0.29, 0.717) is 23.0 Å². The second kappa shape index (κ2) is 9.59. The third kappa shape index (κ3) is 4.77. The molecule has 1 amide bonds. The number of H-pyrrole nitrogens is 1. The van der Waals surface area contributed by atoms with Gasteiger partial charge in [0, 0.05) is 17.6 Å². The van der Waals surface area contributed by atoms with Crippen molar-refractivity contribution in [3.63, 3.8) is 0 Å². The monoisotopic (exact) mass is 398 g/mol. The third-order valence-corrected chi connectivity index (χ3v) is 6.89. The summed E-state index contributed by atoms with van der Waals surface area (Å²) < 4.78 is 0. The van der Waals surface area contributed by atoms with Crippen LogP contribution in [0.2, 0.25) is 0 Å². The van der Waals surface area contributed by atoms with Crippen molar-refractivity contribution in [1.82, 2.24) is 20.1 Å². The average molecular weight is 399 g/mol. The molecule has 2 saturated carbocycles. The fourth-order valence-electron chi connectivity index (χ4n) is 4.66. The van der Waals surface area contributed by atoms with Gasteiger partial charge in [0.25, 0.3) is 0 Å². The standard InChI is InChI=1S/C22H30N4OS/c27-20(16-28-22-23-21(24-25-22)17-10-4-1-5-11-17)26(18-12-6-2-7-13-18)19-14-8-3-9-15-19/h1,4-5,10-11,18-19H,2-3,6-9,12-16H2,(H,23,24,25). The molecular weight excluding hydrogens is 368 g/mol. The number of rotatable bonds is 6. The molecule has 0 saturated heterocycles. The Morgan fingerprint density at radius 1 is 0.964 bits per heavy atom. The van der Waals surface area contributed by atoms with Crippen LogP contribution in [0.4, 0.5) is 0 Å². The maximum Gasteiger partial charge on any atom is 0.233 e. The number of hydrogen-bond donors (Lipinski definition) is 1. The molecule has 0 spiro atoms. The van der Waals surface area contributed by atoms with Gasteiger partial charge in [-0.3, -0.25) is 9.89 Å². The maximum atomic E-state index is 13.2. The molecule has 1 aromatic carbocycles. The molecule has 1 aromatic heterocycles. The lowest BCUT2D eigenvalue weighted by atomic mass is 9.88. The summed E-state index contributed by atoms with van der Waals surface area (Å²) in [7, 11) is 0. The minimum absolute atomic E-state index is 0.273. The molecule has 1 N–H and O–H groups in total. The third-order valence-electron chi connectivity index (χ3n) is 6.06. The Balaban J connectivity index is 1.40. The lowest BCUT2D eigenvalue weighted by Crippen LogP contribution is -2.49. The molecule has 2 fully saturated rings. The molecule has 0 atom stereocenters. The van der Waals surface area contributed by atoms with Crippen molar-refractivity contribution in [3.8, 4) is 11.4 Å². The molecule has 28 heavy (non-hydrogen) atoms. The fourth-order valence-corrected chi connectivity index (χ4v) is 5.33. The van der Waals surface area contributed by atoms with Crippen LogP contribution in [0, 0.1) is 0 Å². The van der Waals surface area contributed by atoms with Crippen molar-refractivity contribution < 1.29 is 4.79 Å². The molecule has 6 heteroatoms. The number of carbonyl (C=O) groups excluding carboxylic acids is 1. The molecule has 0 aliphatic heterocycles. The van der Waals surface area contributed by atoms with Crippen LogP contribution in [0.3, 0.4) is 0 Å². The number of aromatic nitrogens is 3. The number of aromatic amines is 1. The fraction of sp³-hybridized carbons (Fsp3) is 0.591. The Morgan fingerprint density at radius 3 is 2.18 bits per heavy atom. The molecule has 2 aliphatic rings. The van der Waals surface area contributed by atoms with Crippen LogP contribution in [-0.2, 0) is 4.79 Å². The Bertz CT molecular complexity index is 733. The molecule has 5 nitrogen and oxygen atoms in total. The Hall–Kier alpha value is -1.82. The van der Waals surface area contributed by atoms with E-state index in [2.05, 4.69) is 20.1 Å². The van der Waals surface area contributed by atoms with E-state index in [1.165, 1.54) is 76.0 Å². The van der Waals surface area contributed by atoms with Crippen LogP contribution < -0.4 is 0 Å². The number of carbonyl (C=O) groups is 1. The van der Waals surface area contributed by atoms with Crippen molar-refractivity contribution in [1.29, 1.82) is 0 Å². The second-order valence-corrected chi connectivity index (χ2v) is 8.95. The van der Waals surface area contributed by atoms with E-state index in [9.17, 15) is 4.79 Å². The predicted molar refractivity (Wildman–Crippen MR) is 113 cm³/mol. The van der Waals surface area contributed by atoms with Gasteiger partial charge >= 0.3 is 0 Å². The zero-order valence-electron chi connectivity index (χ0n) is 16.5. The molecule has 4 rings (SSSR count). The van der Waals surface area contributed by atoms with E-state index in [4.69, 9.17) is 0 Å². The summed E-state index contributed by atoms with van der Waals surface area (Å²) in [5.41, 5.74) is 1.01. The van der Waals surface area contributed by atoms with Crippen LogP contribution in [0.25, 0.3) is 11.4 Å². The highest BCUT2D eigenvalue weighted by Gasteiger charge is 2.32. The first-order valence-corrected chi connectivity index (χ1v) is 11.7. The lowest BCUT2D eigenvalue weighted by Gasteiger charge is -2.41. The van der Waals surface area contributed by atoms with Gasteiger partial charge in [0.15, 0.2) is 5.82 Å². The second-order valence-electron chi connectivity index (χ2n) is 8.01. The van der Waals surface area contributed by atoms with Crippen molar-refractivity contribution in [2.75, 3.05) is 5.75 Å². The average Bonchev–Trinajstić information content (AvgIpc) is 3.24. The molecule has 0 bridgehead atoms. The lowest BCUT2D eigenvalue weighted by molar-refractivity contribution is -0.135. The summed E-state index contributed by atoms with van der Waals surface area (Å²) in [6, 6.07) is 10.9. The van der Waals surface area contributed by atoms with E-state index in [1.54, 1.807) is 0 Å². The number of benzene rings is 1. The number of amides is 1. The van der Waals surface area contributed by atoms with Crippen LogP contribution >= 0.6 is 11.8 Å². The van der Waals surface area contributed by atoms with Crippen molar-refractivity contribution in [2.24, 2.45) is 0 Å². The summed E-state index contributed by atoms with van der Waals surface area (Å²) in [5.74, 6) is 1.46. The Kier molecular flexibility index (Phi) is 6.68. The quantitative estimate of drug-likeness (QED) is 0.691. The number of thioether (sulfide) groups is 1. The van der Waals surface area contributed by atoms with E-state index in [-0.39, 0.29) is 5.91 Å². The summed E-state index contributed by atoms with van der Waals surface area (Å²) in [5, 5.41) is 7.95. The summed E-state index contributed by atoms with van der Waals surface area (Å²) in [6.07, 6.45) is 12.4. The first-order chi connectivity index (χ1) is 13.8. The summed E-state index contributed by atoms with van der Waals surface area (Å²) in [4.78, 5) is 20.1. The smallest absolute Gasteiger partial charge is 0.233 e. The largest absolute Gasteiger partial charge is 0.336 e. The van der Waals surface area contributed by atoms with Gasteiger partial charge in [0.1, 0.15) is 0 Å². The molecule has 2 aromatic rings. The minimum Gasteiger partial charge on any atom is -0.336 e. The first-order valence-electron chi connectivity index (χ1n) is 10.7. The van der Waals surface area contributed by atoms with Crippen LogP contribution in [0.1, 0.15) is 64.2 Å². The van der Waals surface area contributed by atoms with Gasteiger partial charge < -0.3 is 4.90 Å². The normalized spacial score (nSPS) is 18.9. The van der Waals surface area contributed by atoms with E-state index in [0.717, 1.165) is 11.4 Å². The Labute approximate surface area is 171 Å². The Morgan fingerprint density at radius 2 is 1.57 bits per heavy atom. The minimum atomic E-state index is 0.273. The van der Waals surface area contributed by atoms with E-state index < -0.39 is 0 Å². The highest BCUT2D eigenvalue weighted by Crippen LogP contribution is 2.31. The SMILES string of the molecule is O=C(CSc1n[nH]c(-c2ccccc2)n1)N(C1CCCCC1)C1CCCCC1. The molecular formula is C22H30N4OS. The van der Waals surface area contributed by atoms with Gasteiger partial charge in [-0.2, -0.15) is 0 Å². The topological polar surface area (TPSA) is 61.9 Å². The van der Waals surface area contributed by atoms with Crippen molar-refractivity contribution >= 4 is 17.7 Å². The van der Waals surface area contributed by atoms with E-state index >= 15 is 0 Å². The van der Waals surface area contributed by atoms with Crippen LogP contribution in [0.15, 0.2) is 35.5 Å². The van der Waals surface area contributed by atoms with Gasteiger partial charge in [-0.05, 0) is 25.7 Å². The number of nitrogens with zero attached hydrogens (tertiary/aromatic N) is 3. The summed E-state index contributed by atoms with van der Waals surface area (Å²) >= 11 is 1.46. The predicted octanol–water partition coefficient (Wildman–Crippen LogP) is 5.06. The molecule has 0 unspecified atom stereocenters. The zero-order chi connectivity index (χ0) is 19.2. The zero-order valence-corrected chi connectivity index (χ0v) is 17.3. The first kappa shape index (κ1) is 19.5. The van der Waals surface area contributed by atoms with Gasteiger partial charge in [-0.25, -0.2) is 4.98 Å².